The van der Waals surface area contributed by atoms with Gasteiger partial charge in [-0.3, -0.25) is 9.59 Å². The molecule has 2 atom stereocenters. The molecule has 4 heteroatoms. The largest absolute Gasteiger partial charge is 0.466 e. The minimum absolute atomic E-state index is 0.0174. The van der Waals surface area contributed by atoms with Crippen molar-refractivity contribution in [3.8, 4) is 0 Å². The molecular weight excluding hydrogens is 713 g/mol. The molecule has 0 saturated heterocycles. The zero-order valence-corrected chi connectivity index (χ0v) is 40.3. The van der Waals surface area contributed by atoms with Crippen molar-refractivity contribution >= 4 is 11.9 Å². The highest BCUT2D eigenvalue weighted by atomic mass is 16.5. The molecule has 0 heterocycles. The van der Waals surface area contributed by atoms with Crippen molar-refractivity contribution in [1.29, 1.82) is 0 Å². The van der Waals surface area contributed by atoms with Gasteiger partial charge in [0.05, 0.1) is 13.2 Å². The van der Waals surface area contributed by atoms with Crippen molar-refractivity contribution in [3.05, 3.63) is 0 Å². The van der Waals surface area contributed by atoms with Crippen LogP contribution in [0.25, 0.3) is 0 Å². The van der Waals surface area contributed by atoms with Crippen molar-refractivity contribution in [3.63, 3.8) is 0 Å². The van der Waals surface area contributed by atoms with Crippen molar-refractivity contribution in [1.82, 2.24) is 0 Å². The lowest BCUT2D eigenvalue weighted by Gasteiger charge is -2.14. The van der Waals surface area contributed by atoms with Gasteiger partial charge in [0, 0.05) is 12.8 Å². The first-order chi connectivity index (χ1) is 28.5. The number of ether oxygens (including phenoxy) is 2. The fourth-order valence-electron chi connectivity index (χ4n) is 8.62. The van der Waals surface area contributed by atoms with Crippen LogP contribution in [0.2, 0.25) is 0 Å². The van der Waals surface area contributed by atoms with Crippen LogP contribution in [0, 0.1) is 11.8 Å². The average Bonchev–Trinajstić information content (AvgIpc) is 3.21. The average molecular weight is 819 g/mol. The summed E-state index contributed by atoms with van der Waals surface area (Å²) < 4.78 is 11.0. The normalized spacial score (nSPS) is 12.6. The molecule has 0 spiro atoms. The molecule has 0 aliphatic rings. The van der Waals surface area contributed by atoms with E-state index in [0.717, 1.165) is 37.5 Å². The minimum Gasteiger partial charge on any atom is -0.466 e. The van der Waals surface area contributed by atoms with Crippen LogP contribution in [0.5, 0.6) is 0 Å². The molecule has 0 fully saturated rings. The molecule has 0 aromatic carbocycles. The highest BCUT2D eigenvalue weighted by Crippen LogP contribution is 2.22. The third-order valence-electron chi connectivity index (χ3n) is 12.8. The van der Waals surface area contributed by atoms with Crippen LogP contribution >= 0.6 is 0 Å². The van der Waals surface area contributed by atoms with Crippen molar-refractivity contribution in [2.45, 2.75) is 310 Å². The monoisotopic (exact) mass is 819 g/mol. The first-order valence-corrected chi connectivity index (χ1v) is 26.8. The molecule has 0 aliphatic carbocycles. The van der Waals surface area contributed by atoms with Crippen LogP contribution in [-0.2, 0) is 19.1 Å². The number of carbonyl (C=O) groups is 2. The summed E-state index contributed by atoms with van der Waals surface area (Å²) in [4.78, 5) is 24.1. The standard InChI is InChI=1S/C54H106O4/c1-5-7-9-11-13-15-17-19-21-23-25-32-38-47-53(55)57-49-40-34-28-27-30-36-43-51(3)45-42-46-52(4)44-37-31-29-35-41-50-58-54(56)48-39-33-26-24-22-20-18-16-14-12-10-8-6-2/h51-52H,5-50H2,1-4H3. The second-order valence-corrected chi connectivity index (χ2v) is 19.0. The van der Waals surface area contributed by atoms with Gasteiger partial charge in [0.15, 0.2) is 0 Å². The summed E-state index contributed by atoms with van der Waals surface area (Å²) in [6.07, 6.45) is 56.5. The number of unbranched alkanes of at least 4 members (excludes halogenated alkanes) is 33. The zero-order chi connectivity index (χ0) is 42.3. The Morgan fingerprint density at radius 2 is 0.517 bits per heavy atom. The van der Waals surface area contributed by atoms with E-state index in [0.29, 0.717) is 26.1 Å². The summed E-state index contributed by atoms with van der Waals surface area (Å²) in [6, 6.07) is 0. The summed E-state index contributed by atoms with van der Waals surface area (Å²) in [5.41, 5.74) is 0. The molecule has 0 radical (unpaired) electrons. The Hall–Kier alpha value is -1.06. The SMILES string of the molecule is CCCCCCCCCCCCCCCC(=O)OCCCCCCCCC(C)CCCC(C)CCCCCCCOC(=O)CCCCCCCCCCCCCCC. The topological polar surface area (TPSA) is 52.6 Å². The van der Waals surface area contributed by atoms with Crippen LogP contribution < -0.4 is 0 Å². The predicted molar refractivity (Wildman–Crippen MR) is 255 cm³/mol. The van der Waals surface area contributed by atoms with E-state index in [4.69, 9.17) is 9.47 Å². The second-order valence-electron chi connectivity index (χ2n) is 19.0. The van der Waals surface area contributed by atoms with Gasteiger partial charge in [-0.15, -0.1) is 0 Å². The van der Waals surface area contributed by atoms with Crippen molar-refractivity contribution in [2.24, 2.45) is 11.8 Å². The summed E-state index contributed by atoms with van der Waals surface area (Å²) in [5, 5.41) is 0. The van der Waals surface area contributed by atoms with Gasteiger partial charge in [-0.1, -0.05) is 272 Å². The van der Waals surface area contributed by atoms with Crippen molar-refractivity contribution < 1.29 is 19.1 Å². The third kappa shape index (κ3) is 47.6. The van der Waals surface area contributed by atoms with E-state index in [9.17, 15) is 9.59 Å². The molecule has 0 amide bonds. The van der Waals surface area contributed by atoms with Gasteiger partial charge in [0.1, 0.15) is 0 Å². The Morgan fingerprint density at radius 3 is 0.810 bits per heavy atom. The molecule has 346 valence electrons. The highest BCUT2D eigenvalue weighted by molar-refractivity contribution is 5.69. The molecule has 0 aromatic rings. The lowest BCUT2D eigenvalue weighted by atomic mass is 9.92. The number of esters is 2. The Kier molecular flexibility index (Phi) is 47.7. The fourth-order valence-corrected chi connectivity index (χ4v) is 8.62. The number of hydrogen-bond acceptors (Lipinski definition) is 4. The van der Waals surface area contributed by atoms with Crippen LogP contribution in [0.1, 0.15) is 310 Å². The summed E-state index contributed by atoms with van der Waals surface area (Å²) in [7, 11) is 0. The second kappa shape index (κ2) is 48.6. The molecule has 58 heavy (non-hydrogen) atoms. The fraction of sp³-hybridized carbons (Fsp3) is 0.963. The number of carbonyl (C=O) groups excluding carboxylic acids is 2. The molecule has 0 bridgehead atoms. The quantitative estimate of drug-likeness (QED) is 0.0453. The Morgan fingerprint density at radius 1 is 0.293 bits per heavy atom. The first-order valence-electron chi connectivity index (χ1n) is 26.8. The summed E-state index contributed by atoms with van der Waals surface area (Å²) in [6.45, 7) is 10.7. The van der Waals surface area contributed by atoms with Gasteiger partial charge in [-0.05, 0) is 37.5 Å². The maximum Gasteiger partial charge on any atom is 0.305 e. The number of hydrogen-bond donors (Lipinski definition) is 0. The summed E-state index contributed by atoms with van der Waals surface area (Å²) >= 11 is 0. The maximum atomic E-state index is 12.1. The van der Waals surface area contributed by atoms with Gasteiger partial charge in [0.2, 0.25) is 0 Å². The van der Waals surface area contributed by atoms with E-state index >= 15 is 0 Å². The molecule has 0 saturated carbocycles. The number of rotatable bonds is 49. The lowest BCUT2D eigenvalue weighted by Crippen LogP contribution is -2.05. The lowest BCUT2D eigenvalue weighted by molar-refractivity contribution is -0.144. The Balaban J connectivity index is 3.36. The third-order valence-corrected chi connectivity index (χ3v) is 12.8. The van der Waals surface area contributed by atoms with Gasteiger partial charge in [-0.2, -0.15) is 0 Å². The minimum atomic E-state index is 0.0174. The van der Waals surface area contributed by atoms with E-state index in [1.807, 2.05) is 0 Å². The smallest absolute Gasteiger partial charge is 0.305 e. The molecule has 0 rings (SSSR count). The van der Waals surface area contributed by atoms with Gasteiger partial charge in [0.25, 0.3) is 0 Å². The molecule has 0 N–H and O–H groups in total. The van der Waals surface area contributed by atoms with Crippen LogP contribution in [0.15, 0.2) is 0 Å². The van der Waals surface area contributed by atoms with E-state index in [2.05, 4.69) is 27.7 Å². The first kappa shape index (κ1) is 56.9. The van der Waals surface area contributed by atoms with E-state index in [-0.39, 0.29) is 11.9 Å². The van der Waals surface area contributed by atoms with Crippen LogP contribution in [0.4, 0.5) is 0 Å². The van der Waals surface area contributed by atoms with E-state index in [1.54, 1.807) is 0 Å². The predicted octanol–water partition coefficient (Wildman–Crippen LogP) is 18.5. The molecular formula is C54H106O4. The van der Waals surface area contributed by atoms with Crippen LogP contribution in [-0.4, -0.2) is 25.2 Å². The van der Waals surface area contributed by atoms with Gasteiger partial charge < -0.3 is 9.47 Å². The molecule has 2 unspecified atom stereocenters. The maximum absolute atomic E-state index is 12.1. The Bertz CT molecular complexity index is 811. The van der Waals surface area contributed by atoms with E-state index in [1.165, 1.54) is 244 Å². The van der Waals surface area contributed by atoms with Crippen LogP contribution in [0.3, 0.4) is 0 Å². The molecule has 0 aliphatic heterocycles. The Labute approximate surface area is 365 Å². The van der Waals surface area contributed by atoms with Gasteiger partial charge in [-0.25, -0.2) is 0 Å². The zero-order valence-electron chi connectivity index (χ0n) is 40.3. The highest BCUT2D eigenvalue weighted by Gasteiger charge is 2.08. The van der Waals surface area contributed by atoms with E-state index < -0.39 is 0 Å². The molecule has 4 nitrogen and oxygen atoms in total. The van der Waals surface area contributed by atoms with Crippen molar-refractivity contribution in [2.75, 3.05) is 13.2 Å². The summed E-state index contributed by atoms with van der Waals surface area (Å²) in [5.74, 6) is 1.73. The van der Waals surface area contributed by atoms with Gasteiger partial charge >= 0.3 is 11.9 Å². The molecule has 0 aromatic heterocycles.